The maximum absolute atomic E-state index is 12.9. The van der Waals surface area contributed by atoms with Crippen molar-refractivity contribution in [2.75, 3.05) is 13.1 Å². The Labute approximate surface area is 163 Å². The molecule has 2 aromatic rings. The Kier molecular flexibility index (Phi) is 5.95. The average Bonchev–Trinajstić information content (AvgIpc) is 3.23. The lowest BCUT2D eigenvalue weighted by Crippen LogP contribution is -2.43. The highest BCUT2D eigenvalue weighted by molar-refractivity contribution is 7.89. The number of sulfonamides is 1. The zero-order valence-electron chi connectivity index (χ0n) is 15.0. The molecule has 1 saturated heterocycles. The van der Waals surface area contributed by atoms with Crippen LogP contribution in [0.15, 0.2) is 46.7 Å². The van der Waals surface area contributed by atoms with Crippen LogP contribution in [0.2, 0.25) is 0 Å². The quantitative estimate of drug-likeness (QED) is 0.831. The highest BCUT2D eigenvalue weighted by Gasteiger charge is 2.33. The molecule has 1 amide bonds. The van der Waals surface area contributed by atoms with Crippen LogP contribution in [-0.2, 0) is 14.8 Å². The fourth-order valence-electron chi connectivity index (χ4n) is 3.22. The lowest BCUT2D eigenvalue weighted by Gasteiger charge is -2.31. The van der Waals surface area contributed by atoms with E-state index in [1.54, 1.807) is 23.5 Å². The van der Waals surface area contributed by atoms with Gasteiger partial charge in [0, 0.05) is 23.9 Å². The Morgan fingerprint density at radius 1 is 1.26 bits per heavy atom. The predicted molar refractivity (Wildman–Crippen MR) is 104 cm³/mol. The molecular weight excluding hydrogens is 382 g/mol. The van der Waals surface area contributed by atoms with Crippen molar-refractivity contribution in [3.63, 3.8) is 0 Å². The Balaban J connectivity index is 1.63. The molecule has 0 radical (unpaired) electrons. The minimum absolute atomic E-state index is 0.0294. The van der Waals surface area contributed by atoms with Gasteiger partial charge in [0.05, 0.1) is 16.5 Å². The molecule has 1 atom stereocenters. The Morgan fingerprint density at radius 3 is 2.59 bits per heavy atom. The zero-order valence-corrected chi connectivity index (χ0v) is 16.6. The van der Waals surface area contributed by atoms with Crippen molar-refractivity contribution in [3.8, 4) is 6.07 Å². The van der Waals surface area contributed by atoms with Crippen LogP contribution in [0.4, 0.5) is 0 Å². The largest absolute Gasteiger partial charge is 0.349 e. The minimum atomic E-state index is -3.73. The highest BCUT2D eigenvalue weighted by Crippen LogP contribution is 2.26. The van der Waals surface area contributed by atoms with E-state index in [1.165, 1.54) is 16.4 Å². The molecule has 27 heavy (non-hydrogen) atoms. The van der Waals surface area contributed by atoms with Crippen LogP contribution in [0.5, 0.6) is 0 Å². The van der Waals surface area contributed by atoms with Gasteiger partial charge in [-0.25, -0.2) is 8.42 Å². The third-order valence-corrected chi connectivity index (χ3v) is 7.79. The molecule has 1 aromatic carbocycles. The van der Waals surface area contributed by atoms with Crippen molar-refractivity contribution in [1.82, 2.24) is 9.62 Å². The number of rotatable bonds is 5. The van der Waals surface area contributed by atoms with E-state index in [4.69, 9.17) is 0 Å². The molecule has 142 valence electrons. The van der Waals surface area contributed by atoms with Crippen LogP contribution in [0.1, 0.15) is 36.2 Å². The monoisotopic (exact) mass is 403 g/mol. The molecule has 1 aromatic heterocycles. The van der Waals surface area contributed by atoms with E-state index in [9.17, 15) is 18.5 Å². The standard InChI is InChI=1S/C19H21N3O3S2/c1-14(17-6-4-12-26-17)21-19(23)15-8-10-22(11-9-15)27(24,25)18-7-3-2-5-16(18)13-20/h2-7,12,14-15H,8-11H2,1H3,(H,21,23). The number of benzene rings is 1. The third kappa shape index (κ3) is 4.21. The van der Waals surface area contributed by atoms with E-state index in [2.05, 4.69) is 5.32 Å². The smallest absolute Gasteiger partial charge is 0.244 e. The van der Waals surface area contributed by atoms with Crippen molar-refractivity contribution in [2.24, 2.45) is 5.92 Å². The number of thiophene rings is 1. The lowest BCUT2D eigenvalue weighted by molar-refractivity contribution is -0.126. The van der Waals surface area contributed by atoms with Gasteiger partial charge in [-0.15, -0.1) is 11.3 Å². The number of nitrogens with zero attached hydrogens (tertiary/aromatic N) is 2. The summed E-state index contributed by atoms with van der Waals surface area (Å²) >= 11 is 1.60. The maximum atomic E-state index is 12.9. The molecule has 1 fully saturated rings. The summed E-state index contributed by atoms with van der Waals surface area (Å²) in [5, 5.41) is 14.2. The number of hydrogen-bond acceptors (Lipinski definition) is 5. The van der Waals surface area contributed by atoms with Gasteiger partial charge in [0.15, 0.2) is 0 Å². The first kappa shape index (κ1) is 19.5. The summed E-state index contributed by atoms with van der Waals surface area (Å²) in [7, 11) is -3.73. The number of nitrogens with one attached hydrogen (secondary N) is 1. The molecule has 8 heteroatoms. The topological polar surface area (TPSA) is 90.3 Å². The second kappa shape index (κ2) is 8.21. The summed E-state index contributed by atoms with van der Waals surface area (Å²) in [6.45, 7) is 2.49. The number of piperidine rings is 1. The van der Waals surface area contributed by atoms with Gasteiger partial charge in [-0.1, -0.05) is 18.2 Å². The molecule has 0 saturated carbocycles. The highest BCUT2D eigenvalue weighted by atomic mass is 32.2. The second-order valence-corrected chi connectivity index (χ2v) is 9.42. The van der Waals surface area contributed by atoms with Gasteiger partial charge >= 0.3 is 0 Å². The minimum Gasteiger partial charge on any atom is -0.349 e. The Morgan fingerprint density at radius 2 is 1.96 bits per heavy atom. The first-order chi connectivity index (χ1) is 12.9. The van der Waals surface area contributed by atoms with E-state index in [0.29, 0.717) is 12.8 Å². The number of nitriles is 1. The van der Waals surface area contributed by atoms with Crippen LogP contribution in [0.25, 0.3) is 0 Å². The van der Waals surface area contributed by atoms with Gasteiger partial charge < -0.3 is 5.32 Å². The number of carbonyl (C=O) groups is 1. The molecular formula is C19H21N3O3S2. The zero-order chi connectivity index (χ0) is 19.4. The number of hydrogen-bond donors (Lipinski definition) is 1. The van der Waals surface area contributed by atoms with Crippen LogP contribution >= 0.6 is 11.3 Å². The first-order valence-corrected chi connectivity index (χ1v) is 11.1. The van der Waals surface area contributed by atoms with E-state index < -0.39 is 10.0 Å². The van der Waals surface area contributed by atoms with Crippen molar-refractivity contribution < 1.29 is 13.2 Å². The first-order valence-electron chi connectivity index (χ1n) is 8.76. The average molecular weight is 404 g/mol. The Bertz CT molecular complexity index is 941. The molecule has 1 aliphatic heterocycles. The molecule has 1 unspecified atom stereocenters. The molecule has 0 bridgehead atoms. The van der Waals surface area contributed by atoms with Crippen LogP contribution < -0.4 is 5.32 Å². The molecule has 1 N–H and O–H groups in total. The van der Waals surface area contributed by atoms with E-state index in [1.807, 2.05) is 30.5 Å². The second-order valence-electron chi connectivity index (χ2n) is 6.53. The van der Waals surface area contributed by atoms with Crippen molar-refractivity contribution in [3.05, 3.63) is 52.2 Å². The SMILES string of the molecule is CC(NC(=O)C1CCN(S(=O)(=O)c2ccccc2C#N)CC1)c1cccs1. The normalized spacial score (nSPS) is 17.2. The molecule has 2 heterocycles. The van der Waals surface area contributed by atoms with Crippen LogP contribution in [-0.4, -0.2) is 31.7 Å². The summed E-state index contributed by atoms with van der Waals surface area (Å²) in [6, 6.07) is 12.0. The van der Waals surface area contributed by atoms with E-state index in [0.717, 1.165) is 4.88 Å². The van der Waals surface area contributed by atoms with Gasteiger partial charge in [0.2, 0.25) is 15.9 Å². The van der Waals surface area contributed by atoms with Crippen LogP contribution in [0.3, 0.4) is 0 Å². The van der Waals surface area contributed by atoms with Gasteiger partial charge in [0.25, 0.3) is 0 Å². The number of carbonyl (C=O) groups excluding carboxylic acids is 1. The molecule has 1 aliphatic rings. The van der Waals surface area contributed by atoms with Gasteiger partial charge in [-0.05, 0) is 43.3 Å². The van der Waals surface area contributed by atoms with Gasteiger partial charge in [0.1, 0.15) is 6.07 Å². The summed E-state index contributed by atoms with van der Waals surface area (Å²) in [6.07, 6.45) is 0.938. The van der Waals surface area contributed by atoms with E-state index >= 15 is 0 Å². The summed E-state index contributed by atoms with van der Waals surface area (Å²) in [5.74, 6) is -0.240. The fourth-order valence-corrected chi connectivity index (χ4v) is 5.57. The lowest BCUT2D eigenvalue weighted by atomic mass is 9.97. The number of amides is 1. The van der Waals surface area contributed by atoms with Crippen molar-refractivity contribution in [1.29, 1.82) is 5.26 Å². The fraction of sp³-hybridized carbons (Fsp3) is 0.368. The Hall–Kier alpha value is -2.21. The van der Waals surface area contributed by atoms with Gasteiger partial charge in [-0.2, -0.15) is 9.57 Å². The molecule has 0 aliphatic carbocycles. The van der Waals surface area contributed by atoms with Crippen molar-refractivity contribution >= 4 is 27.3 Å². The summed E-state index contributed by atoms with van der Waals surface area (Å²) in [4.78, 5) is 13.6. The maximum Gasteiger partial charge on any atom is 0.244 e. The predicted octanol–water partition coefficient (Wildman–Crippen LogP) is 2.90. The van der Waals surface area contributed by atoms with E-state index in [-0.39, 0.29) is 41.4 Å². The third-order valence-electron chi connectivity index (χ3n) is 4.78. The van der Waals surface area contributed by atoms with Crippen molar-refractivity contribution in [2.45, 2.75) is 30.7 Å². The molecule has 3 rings (SSSR count). The van der Waals surface area contributed by atoms with Crippen LogP contribution in [0, 0.1) is 17.2 Å². The molecule has 0 spiro atoms. The summed E-state index contributed by atoms with van der Waals surface area (Å²) < 4.78 is 27.1. The molecule has 6 nitrogen and oxygen atoms in total. The van der Waals surface area contributed by atoms with Gasteiger partial charge in [-0.3, -0.25) is 4.79 Å². The summed E-state index contributed by atoms with van der Waals surface area (Å²) in [5.41, 5.74) is 0.141.